The molecule has 264 valence electrons. The molecular formula is C53H42N2. The number of anilines is 5. The summed E-state index contributed by atoms with van der Waals surface area (Å²) in [6.07, 6.45) is 18.7. The van der Waals surface area contributed by atoms with Crippen LogP contribution >= 0.6 is 0 Å². The van der Waals surface area contributed by atoms with Gasteiger partial charge in [-0.15, -0.1) is 0 Å². The molecule has 2 nitrogen and oxygen atoms in total. The molecule has 0 heterocycles. The van der Waals surface area contributed by atoms with E-state index in [9.17, 15) is 0 Å². The summed E-state index contributed by atoms with van der Waals surface area (Å²) in [6, 6.07) is 58.7. The van der Waals surface area contributed by atoms with Gasteiger partial charge in [-0.3, -0.25) is 0 Å². The topological polar surface area (TPSA) is 6.48 Å². The van der Waals surface area contributed by atoms with Crippen LogP contribution in [0.5, 0.6) is 0 Å². The third kappa shape index (κ3) is 6.87. The lowest BCUT2D eigenvalue weighted by Crippen LogP contribution is -2.14. The summed E-state index contributed by atoms with van der Waals surface area (Å²) < 4.78 is 0. The fourth-order valence-electron chi connectivity index (χ4n) is 7.99. The summed E-state index contributed by atoms with van der Waals surface area (Å²) in [5.74, 6) is 0. The van der Waals surface area contributed by atoms with Crippen molar-refractivity contribution in [1.29, 1.82) is 0 Å². The number of hydrogen-bond donors (Lipinski definition) is 0. The highest BCUT2D eigenvalue weighted by atomic mass is 15.1. The Morgan fingerprint density at radius 2 is 1.18 bits per heavy atom. The lowest BCUT2D eigenvalue weighted by Gasteiger charge is -2.29. The molecule has 0 atom stereocenters. The summed E-state index contributed by atoms with van der Waals surface area (Å²) >= 11 is 0. The van der Waals surface area contributed by atoms with Gasteiger partial charge >= 0.3 is 0 Å². The first-order chi connectivity index (χ1) is 27.2. The van der Waals surface area contributed by atoms with Crippen LogP contribution in [0.1, 0.15) is 35.1 Å². The van der Waals surface area contributed by atoms with Crippen molar-refractivity contribution in [1.82, 2.24) is 0 Å². The van der Waals surface area contributed by atoms with E-state index in [-0.39, 0.29) is 0 Å². The first-order valence-corrected chi connectivity index (χ1v) is 19.2. The minimum absolute atomic E-state index is 0.868. The van der Waals surface area contributed by atoms with Gasteiger partial charge in [-0.1, -0.05) is 152 Å². The summed E-state index contributed by atoms with van der Waals surface area (Å²) in [4.78, 5) is 4.63. The second-order valence-electron chi connectivity index (χ2n) is 14.1. The predicted molar refractivity (Wildman–Crippen MR) is 236 cm³/mol. The van der Waals surface area contributed by atoms with Gasteiger partial charge in [-0.05, 0) is 124 Å². The number of benzene rings is 7. The first-order valence-electron chi connectivity index (χ1n) is 19.2. The van der Waals surface area contributed by atoms with Gasteiger partial charge in [0.2, 0.25) is 0 Å². The van der Waals surface area contributed by atoms with Gasteiger partial charge in [0.05, 0.1) is 5.69 Å². The smallest absolute Gasteiger partial charge is 0.0540 e. The molecule has 0 bridgehead atoms. The Bertz CT molecular complexity index is 2590. The summed E-state index contributed by atoms with van der Waals surface area (Å²) in [6.45, 7) is 4.60. The third-order valence-electron chi connectivity index (χ3n) is 10.7. The maximum atomic E-state index is 4.60. The van der Waals surface area contributed by atoms with Gasteiger partial charge in [-0.25, -0.2) is 0 Å². The molecule has 7 aromatic carbocycles. The van der Waals surface area contributed by atoms with E-state index in [1.54, 1.807) is 0 Å². The second-order valence-corrected chi connectivity index (χ2v) is 14.1. The molecule has 0 fully saturated rings. The maximum absolute atomic E-state index is 4.60. The standard InChI is InChI=1S/C53H42N2/c1-39(54(46-20-10-4-11-21-46)48-33-27-42(28-34-48)40-15-6-2-7-16-40)25-26-44-31-37-51-52(38-32-45-19-14-24-50(44)53(45)51)55(47-22-12-5-13-23-47)49-35-29-43(30-36-49)41-17-8-3-9-18-41/h2-8,10-17,19-23,25-38H,1,9,18,24H2/b26-25-. The lowest BCUT2D eigenvalue weighted by atomic mass is 9.88. The Morgan fingerprint density at radius 3 is 1.89 bits per heavy atom. The maximum Gasteiger partial charge on any atom is 0.0540 e. The van der Waals surface area contributed by atoms with Crippen LogP contribution < -0.4 is 9.80 Å². The van der Waals surface area contributed by atoms with E-state index in [2.05, 4.69) is 223 Å². The zero-order chi connectivity index (χ0) is 37.0. The highest BCUT2D eigenvalue weighted by Crippen LogP contribution is 2.43. The number of allylic oxidation sites excluding steroid dienone is 6. The Hall–Kier alpha value is -6.90. The molecule has 0 radical (unpaired) electrons. The fraction of sp³-hybridized carbons (Fsp3) is 0.0566. The van der Waals surface area contributed by atoms with Crippen molar-refractivity contribution in [3.05, 3.63) is 229 Å². The molecule has 0 spiro atoms. The van der Waals surface area contributed by atoms with E-state index < -0.39 is 0 Å². The zero-order valence-corrected chi connectivity index (χ0v) is 30.9. The molecule has 9 rings (SSSR count). The monoisotopic (exact) mass is 706 g/mol. The van der Waals surface area contributed by atoms with Crippen molar-refractivity contribution in [2.45, 2.75) is 19.3 Å². The van der Waals surface area contributed by atoms with E-state index in [1.807, 2.05) is 0 Å². The van der Waals surface area contributed by atoms with Crippen LogP contribution in [0.2, 0.25) is 0 Å². The molecule has 0 saturated carbocycles. The summed E-state index contributed by atoms with van der Waals surface area (Å²) in [5.41, 5.74) is 15.3. The van der Waals surface area contributed by atoms with E-state index in [4.69, 9.17) is 0 Å². The Balaban J connectivity index is 1.08. The highest BCUT2D eigenvalue weighted by molar-refractivity contribution is 6.06. The van der Waals surface area contributed by atoms with Crippen LogP contribution in [0, 0.1) is 0 Å². The third-order valence-corrected chi connectivity index (χ3v) is 10.7. The molecule has 55 heavy (non-hydrogen) atoms. The zero-order valence-electron chi connectivity index (χ0n) is 30.9. The number of nitrogens with zero attached hydrogens (tertiary/aromatic N) is 2. The molecule has 0 aromatic heterocycles. The van der Waals surface area contributed by atoms with Gasteiger partial charge in [0, 0.05) is 33.8 Å². The van der Waals surface area contributed by atoms with E-state index in [0.29, 0.717) is 0 Å². The minimum Gasteiger partial charge on any atom is -0.311 e. The predicted octanol–water partition coefficient (Wildman–Crippen LogP) is 14.6. The first kappa shape index (κ1) is 33.9. The van der Waals surface area contributed by atoms with Crippen molar-refractivity contribution in [2.24, 2.45) is 0 Å². The second kappa shape index (κ2) is 15.2. The number of rotatable bonds is 10. The quantitative estimate of drug-likeness (QED) is 0.131. The van der Waals surface area contributed by atoms with E-state index in [0.717, 1.165) is 47.7 Å². The van der Waals surface area contributed by atoms with Crippen LogP contribution in [0.4, 0.5) is 28.4 Å². The number of hydrogen-bond acceptors (Lipinski definition) is 2. The fourth-order valence-corrected chi connectivity index (χ4v) is 7.99. The van der Waals surface area contributed by atoms with Crippen LogP contribution in [0.3, 0.4) is 0 Å². The van der Waals surface area contributed by atoms with Crippen molar-refractivity contribution in [3.8, 4) is 11.1 Å². The number of para-hydroxylation sites is 2. The van der Waals surface area contributed by atoms with Crippen LogP contribution in [-0.4, -0.2) is 0 Å². The minimum atomic E-state index is 0.868. The Labute approximate surface area is 324 Å². The normalized spacial score (nSPS) is 13.2. The molecule has 0 saturated heterocycles. The molecule has 7 aromatic rings. The SMILES string of the molecule is C=C(/C=C\c1ccc2c(N(c3ccccc3)c3ccc(C4=CC=CCC4)cc3)ccc3c2c1CC=C3)N(c1ccccc1)c1ccc(-c2ccccc2)cc1. The Morgan fingerprint density at radius 1 is 0.564 bits per heavy atom. The van der Waals surface area contributed by atoms with E-state index in [1.165, 1.54) is 55.4 Å². The van der Waals surface area contributed by atoms with Crippen LogP contribution in [0.25, 0.3) is 39.6 Å². The largest absolute Gasteiger partial charge is 0.311 e. The molecular weight excluding hydrogens is 665 g/mol. The molecule has 2 heteroatoms. The lowest BCUT2D eigenvalue weighted by molar-refractivity contribution is 1.05. The summed E-state index contributed by atoms with van der Waals surface area (Å²) in [7, 11) is 0. The van der Waals surface area contributed by atoms with Crippen molar-refractivity contribution >= 4 is 56.9 Å². The highest BCUT2D eigenvalue weighted by Gasteiger charge is 2.20. The average Bonchev–Trinajstić information content (AvgIpc) is 3.26. The van der Waals surface area contributed by atoms with Crippen molar-refractivity contribution in [3.63, 3.8) is 0 Å². The summed E-state index contributed by atoms with van der Waals surface area (Å²) in [5, 5.41) is 2.55. The molecule has 0 N–H and O–H groups in total. The van der Waals surface area contributed by atoms with Crippen LogP contribution in [-0.2, 0) is 6.42 Å². The van der Waals surface area contributed by atoms with Gasteiger partial charge in [0.1, 0.15) is 0 Å². The molecule has 2 aliphatic carbocycles. The average molecular weight is 707 g/mol. The molecule has 0 amide bonds. The van der Waals surface area contributed by atoms with Gasteiger partial charge in [0.15, 0.2) is 0 Å². The van der Waals surface area contributed by atoms with Gasteiger partial charge in [-0.2, -0.15) is 0 Å². The molecule has 0 aliphatic heterocycles. The van der Waals surface area contributed by atoms with Crippen LogP contribution in [0.15, 0.2) is 206 Å². The Kier molecular flexibility index (Phi) is 9.38. The van der Waals surface area contributed by atoms with Gasteiger partial charge in [0.25, 0.3) is 0 Å². The van der Waals surface area contributed by atoms with Gasteiger partial charge < -0.3 is 9.80 Å². The molecule has 2 aliphatic rings. The van der Waals surface area contributed by atoms with Crippen molar-refractivity contribution in [2.75, 3.05) is 9.80 Å². The molecule has 0 unspecified atom stereocenters. The van der Waals surface area contributed by atoms with E-state index >= 15 is 0 Å². The van der Waals surface area contributed by atoms with Crippen molar-refractivity contribution < 1.29 is 0 Å².